The van der Waals surface area contributed by atoms with Crippen molar-refractivity contribution >= 4 is 5.97 Å². The fourth-order valence-corrected chi connectivity index (χ4v) is 1.55. The van der Waals surface area contributed by atoms with E-state index in [4.69, 9.17) is 4.74 Å². The van der Waals surface area contributed by atoms with Crippen molar-refractivity contribution in [3.8, 4) is 0 Å². The van der Waals surface area contributed by atoms with E-state index in [1.807, 2.05) is 0 Å². The summed E-state index contributed by atoms with van der Waals surface area (Å²) in [5.41, 5.74) is 0. The highest BCUT2D eigenvalue weighted by molar-refractivity contribution is 5.75. The van der Waals surface area contributed by atoms with Crippen molar-refractivity contribution in [2.45, 2.75) is 64.9 Å². The summed E-state index contributed by atoms with van der Waals surface area (Å²) in [6.07, 6.45) is 7.94. The molecule has 0 bridgehead atoms. The molecule has 0 spiro atoms. The van der Waals surface area contributed by atoms with Gasteiger partial charge < -0.3 is 4.74 Å². The third-order valence-electron chi connectivity index (χ3n) is 2.78. The smallest absolute Gasteiger partial charge is 0.309 e. The second-order valence-electron chi connectivity index (χ2n) is 4.24. The van der Waals surface area contributed by atoms with Crippen LogP contribution in [0.5, 0.6) is 0 Å². The van der Waals surface area contributed by atoms with Crippen molar-refractivity contribution in [2.75, 3.05) is 0 Å². The molecule has 0 aromatic rings. The van der Waals surface area contributed by atoms with Crippen LogP contribution >= 0.6 is 0 Å². The van der Waals surface area contributed by atoms with Gasteiger partial charge in [0.1, 0.15) is 6.10 Å². The lowest BCUT2D eigenvalue weighted by Gasteiger charge is -2.15. The number of ether oxygens (including phenoxy) is 1. The van der Waals surface area contributed by atoms with Crippen molar-refractivity contribution in [3.05, 3.63) is 0 Å². The van der Waals surface area contributed by atoms with Crippen molar-refractivity contribution in [1.29, 1.82) is 0 Å². The molecule has 0 saturated heterocycles. The standard InChI is InChI=1S/C12H22O2/c1-3-5-6-7-11(4-2)14-12(13)10-8-9-10/h10-11H,3-9H2,1-2H3. The Kier molecular flexibility index (Phi) is 4.99. The zero-order valence-electron chi connectivity index (χ0n) is 9.42. The second-order valence-corrected chi connectivity index (χ2v) is 4.24. The van der Waals surface area contributed by atoms with Crippen LogP contribution in [-0.2, 0) is 9.53 Å². The van der Waals surface area contributed by atoms with Gasteiger partial charge in [-0.05, 0) is 32.1 Å². The summed E-state index contributed by atoms with van der Waals surface area (Å²) in [5.74, 6) is 0.295. The molecule has 1 aliphatic rings. The van der Waals surface area contributed by atoms with Crippen LogP contribution in [0.25, 0.3) is 0 Å². The van der Waals surface area contributed by atoms with Gasteiger partial charge in [0.15, 0.2) is 0 Å². The van der Waals surface area contributed by atoms with Crippen LogP contribution in [0.2, 0.25) is 0 Å². The highest BCUT2D eigenvalue weighted by Gasteiger charge is 2.32. The minimum atomic E-state index is 0.0494. The Morgan fingerprint density at radius 3 is 2.57 bits per heavy atom. The van der Waals surface area contributed by atoms with Crippen LogP contribution in [0.15, 0.2) is 0 Å². The Labute approximate surface area is 87.0 Å². The first-order chi connectivity index (χ1) is 6.77. The summed E-state index contributed by atoms with van der Waals surface area (Å²) in [6, 6.07) is 0. The van der Waals surface area contributed by atoms with E-state index in [-0.39, 0.29) is 18.0 Å². The van der Waals surface area contributed by atoms with Gasteiger partial charge in [-0.25, -0.2) is 0 Å². The summed E-state index contributed by atoms with van der Waals surface area (Å²) in [5, 5.41) is 0. The summed E-state index contributed by atoms with van der Waals surface area (Å²) < 4.78 is 5.43. The number of carbonyl (C=O) groups is 1. The van der Waals surface area contributed by atoms with Crippen LogP contribution < -0.4 is 0 Å². The average molecular weight is 198 g/mol. The summed E-state index contributed by atoms with van der Waals surface area (Å²) in [4.78, 5) is 11.4. The predicted octanol–water partition coefficient (Wildman–Crippen LogP) is 3.30. The fraction of sp³-hybridized carbons (Fsp3) is 0.917. The molecule has 1 atom stereocenters. The van der Waals surface area contributed by atoms with E-state index in [0.717, 1.165) is 25.7 Å². The third kappa shape index (κ3) is 4.12. The Balaban J connectivity index is 2.13. The lowest BCUT2D eigenvalue weighted by atomic mass is 10.1. The Bertz CT molecular complexity index is 173. The van der Waals surface area contributed by atoms with Crippen LogP contribution in [0.4, 0.5) is 0 Å². The van der Waals surface area contributed by atoms with Gasteiger partial charge in [-0.15, -0.1) is 0 Å². The predicted molar refractivity (Wildman–Crippen MR) is 57.0 cm³/mol. The van der Waals surface area contributed by atoms with Gasteiger partial charge >= 0.3 is 5.97 Å². The maximum atomic E-state index is 11.4. The zero-order chi connectivity index (χ0) is 10.4. The van der Waals surface area contributed by atoms with E-state index < -0.39 is 0 Å². The molecular formula is C12H22O2. The van der Waals surface area contributed by atoms with Gasteiger partial charge in [-0.1, -0.05) is 26.7 Å². The van der Waals surface area contributed by atoms with Crippen molar-refractivity contribution in [3.63, 3.8) is 0 Å². The molecule has 0 aromatic carbocycles. The number of esters is 1. The molecule has 0 radical (unpaired) electrons. The third-order valence-corrected chi connectivity index (χ3v) is 2.78. The summed E-state index contributed by atoms with van der Waals surface area (Å²) >= 11 is 0. The van der Waals surface area contributed by atoms with Crippen LogP contribution in [0.1, 0.15) is 58.8 Å². The van der Waals surface area contributed by atoms with Crippen LogP contribution in [0.3, 0.4) is 0 Å². The Hall–Kier alpha value is -0.530. The minimum absolute atomic E-state index is 0.0494. The maximum Gasteiger partial charge on any atom is 0.309 e. The molecule has 1 aliphatic carbocycles. The van der Waals surface area contributed by atoms with Gasteiger partial charge in [-0.2, -0.15) is 0 Å². The van der Waals surface area contributed by atoms with Gasteiger partial charge in [-0.3, -0.25) is 4.79 Å². The van der Waals surface area contributed by atoms with E-state index in [1.54, 1.807) is 0 Å². The molecule has 2 heteroatoms. The van der Waals surface area contributed by atoms with Crippen molar-refractivity contribution in [2.24, 2.45) is 5.92 Å². The number of rotatable bonds is 7. The molecule has 0 N–H and O–H groups in total. The van der Waals surface area contributed by atoms with E-state index in [2.05, 4.69) is 13.8 Å². The maximum absolute atomic E-state index is 11.4. The first-order valence-electron chi connectivity index (χ1n) is 5.98. The van der Waals surface area contributed by atoms with E-state index in [0.29, 0.717) is 0 Å². The molecule has 14 heavy (non-hydrogen) atoms. The largest absolute Gasteiger partial charge is 0.462 e. The summed E-state index contributed by atoms with van der Waals surface area (Å²) in [7, 11) is 0. The molecule has 2 nitrogen and oxygen atoms in total. The number of hydrogen-bond donors (Lipinski definition) is 0. The lowest BCUT2D eigenvalue weighted by molar-refractivity contribution is -0.151. The molecule has 0 heterocycles. The highest BCUT2D eigenvalue weighted by atomic mass is 16.5. The van der Waals surface area contributed by atoms with E-state index in [1.165, 1.54) is 19.3 Å². The van der Waals surface area contributed by atoms with Gasteiger partial charge in [0.2, 0.25) is 0 Å². The number of carbonyl (C=O) groups excluding carboxylic acids is 1. The monoisotopic (exact) mass is 198 g/mol. The molecular weight excluding hydrogens is 176 g/mol. The van der Waals surface area contributed by atoms with E-state index in [9.17, 15) is 4.79 Å². The van der Waals surface area contributed by atoms with Crippen molar-refractivity contribution in [1.82, 2.24) is 0 Å². The zero-order valence-corrected chi connectivity index (χ0v) is 9.42. The summed E-state index contributed by atoms with van der Waals surface area (Å²) in [6.45, 7) is 4.29. The second kappa shape index (κ2) is 6.05. The normalized spacial score (nSPS) is 17.9. The Morgan fingerprint density at radius 2 is 2.07 bits per heavy atom. The minimum Gasteiger partial charge on any atom is -0.462 e. The topological polar surface area (TPSA) is 26.3 Å². The van der Waals surface area contributed by atoms with Gasteiger partial charge in [0, 0.05) is 0 Å². The number of unbranched alkanes of at least 4 members (excludes halogenated alkanes) is 2. The quantitative estimate of drug-likeness (QED) is 0.463. The number of hydrogen-bond acceptors (Lipinski definition) is 2. The SMILES string of the molecule is CCCCCC(CC)OC(=O)C1CC1. The highest BCUT2D eigenvalue weighted by Crippen LogP contribution is 2.31. The van der Waals surface area contributed by atoms with Crippen LogP contribution in [0, 0.1) is 5.92 Å². The molecule has 0 aromatic heterocycles. The molecule has 1 saturated carbocycles. The molecule has 1 rings (SSSR count). The molecule has 0 amide bonds. The van der Waals surface area contributed by atoms with Gasteiger partial charge in [0.05, 0.1) is 5.92 Å². The van der Waals surface area contributed by atoms with Gasteiger partial charge in [0.25, 0.3) is 0 Å². The molecule has 0 aliphatic heterocycles. The van der Waals surface area contributed by atoms with E-state index >= 15 is 0 Å². The fourth-order valence-electron chi connectivity index (χ4n) is 1.55. The molecule has 1 unspecified atom stereocenters. The first-order valence-corrected chi connectivity index (χ1v) is 5.98. The van der Waals surface area contributed by atoms with Crippen LogP contribution in [-0.4, -0.2) is 12.1 Å². The lowest BCUT2D eigenvalue weighted by Crippen LogP contribution is -2.18. The average Bonchev–Trinajstić information content (AvgIpc) is 2.99. The first kappa shape index (κ1) is 11.5. The Morgan fingerprint density at radius 1 is 1.36 bits per heavy atom. The molecule has 82 valence electrons. The van der Waals surface area contributed by atoms with Crippen molar-refractivity contribution < 1.29 is 9.53 Å². The molecule has 1 fully saturated rings.